The molecule has 17 atom stereocenters. The number of hydrogen-bond acceptors (Lipinski definition) is 18. The smallest absolute Gasteiger partial charge is 0.248 e. The van der Waals surface area contributed by atoms with E-state index in [1.807, 2.05) is 5.32 Å². The fraction of sp³-hybridized carbons (Fsp3) is 0.720. The molecule has 26 nitrogen and oxygen atoms in total. The Bertz CT molecular complexity index is 2140. The van der Waals surface area contributed by atoms with Crippen LogP contribution in [0.2, 0.25) is 0 Å². The first kappa shape index (κ1) is 63.0. The summed E-state index contributed by atoms with van der Waals surface area (Å²) in [4.78, 5) is 112. The number of nitrogens with two attached hydrogens (primary N) is 1. The normalized spacial score (nSPS) is 29.8. The Kier molecular flexibility index (Phi) is 24.2. The summed E-state index contributed by atoms with van der Waals surface area (Å²) in [7, 11) is 0. The van der Waals surface area contributed by atoms with Gasteiger partial charge in [-0.1, -0.05) is 77.8 Å². The van der Waals surface area contributed by atoms with Gasteiger partial charge in [-0.3, -0.25) is 38.4 Å². The molecule has 3 heterocycles. The van der Waals surface area contributed by atoms with Crippen LogP contribution in [0.25, 0.3) is 0 Å². The Morgan fingerprint density at radius 3 is 1.91 bits per heavy atom. The van der Waals surface area contributed by atoms with Gasteiger partial charge in [0.15, 0.2) is 6.23 Å². The lowest BCUT2D eigenvalue weighted by Crippen LogP contribution is -2.64. The number of phenolic OH excluding ortho intramolecular Hbond substituents is 1. The maximum absolute atomic E-state index is 14.4. The second-order valence-corrected chi connectivity index (χ2v) is 20.7. The maximum Gasteiger partial charge on any atom is 0.248 e. The number of rotatable bonds is 20. The molecular weight excluding hydrogens is 1000 g/mol. The van der Waals surface area contributed by atoms with Crippen LogP contribution in [0, 0.1) is 11.8 Å². The predicted octanol–water partition coefficient (Wildman–Crippen LogP) is -4.37. The minimum atomic E-state index is -2.41. The van der Waals surface area contributed by atoms with Crippen molar-refractivity contribution >= 4 is 47.3 Å². The van der Waals surface area contributed by atoms with Crippen LogP contribution in [-0.4, -0.2) is 206 Å². The van der Waals surface area contributed by atoms with Crippen LogP contribution in [0.1, 0.15) is 123 Å². The molecule has 8 amide bonds. The van der Waals surface area contributed by atoms with E-state index in [9.17, 15) is 89.4 Å². The molecule has 3 aliphatic heterocycles. The van der Waals surface area contributed by atoms with Crippen molar-refractivity contribution < 1.29 is 89.4 Å². The lowest BCUT2D eigenvalue weighted by molar-refractivity contribution is -0.149. The van der Waals surface area contributed by atoms with Crippen molar-refractivity contribution in [3.8, 4) is 5.75 Å². The van der Waals surface area contributed by atoms with Gasteiger partial charge >= 0.3 is 0 Å². The number of primary amides is 1. The van der Waals surface area contributed by atoms with E-state index >= 15 is 0 Å². The van der Waals surface area contributed by atoms with E-state index in [0.717, 1.165) is 74.6 Å². The lowest BCUT2D eigenvalue weighted by atomic mass is 9.91. The van der Waals surface area contributed by atoms with E-state index in [1.165, 1.54) is 6.42 Å². The molecule has 0 bridgehead atoms. The number of aliphatic hydroxyl groups is 9. The number of benzene rings is 1. The van der Waals surface area contributed by atoms with Crippen LogP contribution in [0.4, 0.5) is 0 Å². The highest BCUT2D eigenvalue weighted by Crippen LogP contribution is 2.27. The van der Waals surface area contributed by atoms with Crippen LogP contribution in [-0.2, 0) is 38.4 Å². The van der Waals surface area contributed by atoms with Crippen molar-refractivity contribution in [2.24, 2.45) is 17.6 Å². The Morgan fingerprint density at radius 2 is 1.29 bits per heavy atom. The number of nitrogens with one attached hydrogen (secondary N) is 5. The number of amides is 8. The average molecular weight is 1080 g/mol. The van der Waals surface area contributed by atoms with Crippen LogP contribution in [0.15, 0.2) is 24.3 Å². The van der Waals surface area contributed by atoms with Crippen molar-refractivity contribution in [1.29, 1.82) is 0 Å². The number of aliphatic hydroxyl groups excluding tert-OH is 9. The van der Waals surface area contributed by atoms with Gasteiger partial charge < -0.3 is 93.2 Å². The summed E-state index contributed by atoms with van der Waals surface area (Å²) < 4.78 is 0. The highest BCUT2D eigenvalue weighted by Gasteiger charge is 2.51. The van der Waals surface area contributed by atoms with E-state index < -0.39 is 171 Å². The third kappa shape index (κ3) is 17.5. The second kappa shape index (κ2) is 29.2. The van der Waals surface area contributed by atoms with E-state index in [1.54, 1.807) is 0 Å². The molecule has 1 aromatic carbocycles. The third-order valence-electron chi connectivity index (χ3n) is 14.4. The largest absolute Gasteiger partial charge is 0.508 e. The number of carbonyl (C=O) groups is 8. The van der Waals surface area contributed by atoms with E-state index in [0.29, 0.717) is 29.6 Å². The molecule has 3 saturated heterocycles. The number of fused-ring (bicyclic) bond motifs is 2. The summed E-state index contributed by atoms with van der Waals surface area (Å²) >= 11 is 0. The zero-order valence-corrected chi connectivity index (χ0v) is 43.4. The van der Waals surface area contributed by atoms with Crippen LogP contribution in [0.3, 0.4) is 0 Å². The quantitative estimate of drug-likeness (QED) is 0.0549. The standard InChI is InChI=1S/C50H80N8O18/c1-5-24(2)18-25(3)12-10-8-6-7-9-11-13-36(66)52-30-20-33(63)46(72)56-48(74)40-42(68)34(64)23-58(40)50(76)38(32(62)21-35(51)65)54-47(73)39(43(69)41(67)27-14-16-28(60)17-15-27)55-45(71)31-19-29(61)22-57(31)49(75)37(26(4)59)53-44(30)70/h14-17,24-26,29-34,37-43,46,59-64,67-69,72H,5-13,18-23H2,1-4H3,(H2,51,65)(H,52,66)(H,53,70)(H,54,73)(H,55,71)(H,56,74). The lowest BCUT2D eigenvalue weighted by Gasteiger charge is -2.34. The van der Waals surface area contributed by atoms with Crippen molar-refractivity contribution in [3.05, 3.63) is 29.8 Å². The molecule has 26 heteroatoms. The Morgan fingerprint density at radius 1 is 0.697 bits per heavy atom. The second-order valence-electron chi connectivity index (χ2n) is 20.7. The zero-order valence-electron chi connectivity index (χ0n) is 43.4. The minimum Gasteiger partial charge on any atom is -0.508 e. The fourth-order valence-corrected chi connectivity index (χ4v) is 9.80. The van der Waals surface area contributed by atoms with Crippen molar-refractivity contribution in [3.63, 3.8) is 0 Å². The molecule has 76 heavy (non-hydrogen) atoms. The van der Waals surface area contributed by atoms with Gasteiger partial charge in [0, 0.05) is 25.8 Å². The van der Waals surface area contributed by atoms with Gasteiger partial charge in [0.2, 0.25) is 47.3 Å². The first-order valence-electron chi connectivity index (χ1n) is 26.1. The van der Waals surface area contributed by atoms with E-state index in [-0.39, 0.29) is 17.7 Å². The average Bonchev–Trinajstić information content (AvgIpc) is 3.90. The van der Waals surface area contributed by atoms with Crippen LogP contribution in [0.5, 0.6) is 5.75 Å². The molecule has 0 aliphatic carbocycles. The summed E-state index contributed by atoms with van der Waals surface area (Å²) in [6.45, 7) is 6.24. The highest BCUT2D eigenvalue weighted by molar-refractivity contribution is 5.98. The summed E-state index contributed by atoms with van der Waals surface area (Å²) in [5, 5.41) is 121. The van der Waals surface area contributed by atoms with Crippen molar-refractivity contribution in [1.82, 2.24) is 36.4 Å². The van der Waals surface area contributed by atoms with Crippen molar-refractivity contribution in [2.45, 2.75) is 202 Å². The van der Waals surface area contributed by atoms with Gasteiger partial charge in [-0.2, -0.15) is 0 Å². The number of phenols is 1. The minimum absolute atomic E-state index is 0.105. The van der Waals surface area contributed by atoms with Gasteiger partial charge in [-0.15, -0.1) is 0 Å². The topological polar surface area (TPSA) is 432 Å². The molecule has 1 aromatic rings. The summed E-state index contributed by atoms with van der Waals surface area (Å²) in [5.41, 5.74) is 5.16. The van der Waals surface area contributed by atoms with E-state index in [2.05, 4.69) is 42.0 Å². The summed E-state index contributed by atoms with van der Waals surface area (Å²) in [6, 6.07) is -8.01. The maximum atomic E-state index is 14.4. The molecule has 4 rings (SSSR count). The van der Waals surface area contributed by atoms with Crippen LogP contribution >= 0.6 is 0 Å². The molecule has 0 saturated carbocycles. The molecule has 428 valence electrons. The third-order valence-corrected chi connectivity index (χ3v) is 14.4. The fourth-order valence-electron chi connectivity index (χ4n) is 9.80. The molecule has 3 aliphatic rings. The summed E-state index contributed by atoms with van der Waals surface area (Å²) in [6.07, 6.45) is -12.9. The first-order chi connectivity index (χ1) is 35.7. The number of carbonyl (C=O) groups excluding carboxylic acids is 8. The van der Waals surface area contributed by atoms with Gasteiger partial charge in [0.1, 0.15) is 66.4 Å². The number of unbranched alkanes of at least 4 members (excludes halogenated alkanes) is 5. The number of nitrogens with zero attached hydrogens (tertiary/aromatic N) is 2. The molecule has 17 unspecified atom stereocenters. The molecule has 17 N–H and O–H groups in total. The molecule has 0 spiro atoms. The highest BCUT2D eigenvalue weighted by atomic mass is 16.4. The van der Waals surface area contributed by atoms with Gasteiger partial charge in [0.25, 0.3) is 0 Å². The van der Waals surface area contributed by atoms with Gasteiger partial charge in [0.05, 0.1) is 37.4 Å². The molecule has 0 radical (unpaired) electrons. The number of aromatic hydroxyl groups is 1. The van der Waals surface area contributed by atoms with E-state index in [4.69, 9.17) is 5.73 Å². The van der Waals surface area contributed by atoms with Gasteiger partial charge in [-0.05, 0) is 49.3 Å². The Balaban J connectivity index is 1.71. The Labute approximate surface area is 440 Å². The van der Waals surface area contributed by atoms with Crippen molar-refractivity contribution in [2.75, 3.05) is 13.1 Å². The number of hydrogen-bond donors (Lipinski definition) is 16. The monoisotopic (exact) mass is 1080 g/mol. The molecular formula is C50H80N8O18. The van der Waals surface area contributed by atoms with Crippen LogP contribution < -0.4 is 32.3 Å². The predicted molar refractivity (Wildman–Crippen MR) is 267 cm³/mol. The molecule has 0 aromatic heterocycles. The molecule has 3 fully saturated rings. The summed E-state index contributed by atoms with van der Waals surface area (Å²) in [5.74, 6) is -9.18. The SMILES string of the molecule is CCC(C)CC(C)CCCCCCCCC(=O)NC1CC(O)C(O)NC(=O)C2C(O)C(O)CN2C(=O)C(C(O)CC(N)=O)NC(=O)C(C(O)C(O)c2ccc(O)cc2)NC(=O)C2CC(O)CN2C(=O)C(C(C)O)NC1=O. The first-order valence-corrected chi connectivity index (χ1v) is 26.1. The zero-order chi connectivity index (χ0) is 56.7. The Hall–Kier alpha value is -5.58. The van der Waals surface area contributed by atoms with Gasteiger partial charge in [-0.25, -0.2) is 0 Å².